The summed E-state index contributed by atoms with van der Waals surface area (Å²) in [5.41, 5.74) is 2.27. The molecular weight excluding hydrogens is 390 g/mol. The Morgan fingerprint density at radius 2 is 1.94 bits per heavy atom. The van der Waals surface area contributed by atoms with Gasteiger partial charge in [0.2, 0.25) is 5.91 Å². The van der Waals surface area contributed by atoms with E-state index in [-0.39, 0.29) is 17.7 Å². The summed E-state index contributed by atoms with van der Waals surface area (Å²) < 4.78 is 5.08. The zero-order valence-corrected chi connectivity index (χ0v) is 19.8. The molecule has 1 aromatic carbocycles. The third kappa shape index (κ3) is 7.84. The number of methoxy groups -OCH3 is 1. The molecule has 1 saturated heterocycles. The monoisotopic (exact) mass is 431 g/mol. The lowest BCUT2D eigenvalue weighted by molar-refractivity contribution is -0.120. The van der Waals surface area contributed by atoms with Crippen LogP contribution in [0.3, 0.4) is 0 Å². The Labute approximate surface area is 188 Å². The number of anilines is 2. The van der Waals surface area contributed by atoms with E-state index < -0.39 is 0 Å². The van der Waals surface area contributed by atoms with Gasteiger partial charge in [-0.3, -0.25) is 9.59 Å². The van der Waals surface area contributed by atoms with Crippen LogP contribution in [0.5, 0.6) is 0 Å². The third-order valence-corrected chi connectivity index (χ3v) is 6.21. The molecular formula is C25H41N3O3. The van der Waals surface area contributed by atoms with Gasteiger partial charge in [-0.1, -0.05) is 33.6 Å². The lowest BCUT2D eigenvalue weighted by atomic mass is 9.97. The highest BCUT2D eigenvalue weighted by Gasteiger charge is 2.22. The molecule has 6 heteroatoms. The maximum Gasteiger partial charge on any atom is 0.253 e. The zero-order valence-electron chi connectivity index (χ0n) is 19.8. The summed E-state index contributed by atoms with van der Waals surface area (Å²) in [6.07, 6.45) is 6.88. The van der Waals surface area contributed by atoms with Crippen molar-refractivity contribution in [1.82, 2.24) is 5.32 Å². The Bertz CT molecular complexity index is 699. The summed E-state index contributed by atoms with van der Waals surface area (Å²) in [6, 6.07) is 5.76. The summed E-state index contributed by atoms with van der Waals surface area (Å²) in [5, 5.41) is 6.06. The topological polar surface area (TPSA) is 70.7 Å². The van der Waals surface area contributed by atoms with Crippen LogP contribution < -0.4 is 15.5 Å². The molecule has 0 spiro atoms. The molecule has 31 heavy (non-hydrogen) atoms. The molecule has 0 bridgehead atoms. The van der Waals surface area contributed by atoms with Crippen molar-refractivity contribution >= 4 is 23.2 Å². The highest BCUT2D eigenvalue weighted by molar-refractivity contribution is 6.02. The molecule has 1 fully saturated rings. The van der Waals surface area contributed by atoms with Crippen molar-refractivity contribution in [2.45, 2.75) is 65.7 Å². The maximum atomic E-state index is 13.0. The summed E-state index contributed by atoms with van der Waals surface area (Å²) in [7, 11) is 1.66. The van der Waals surface area contributed by atoms with Crippen LogP contribution in [0.15, 0.2) is 18.2 Å². The minimum atomic E-state index is -0.0983. The average Bonchev–Trinajstić information content (AvgIpc) is 2.77. The smallest absolute Gasteiger partial charge is 0.253 e. The van der Waals surface area contributed by atoms with E-state index in [1.54, 1.807) is 7.11 Å². The number of carbonyl (C=O) groups is 2. The summed E-state index contributed by atoms with van der Waals surface area (Å²) >= 11 is 0. The van der Waals surface area contributed by atoms with Gasteiger partial charge in [-0.25, -0.2) is 0 Å². The molecule has 1 aliphatic heterocycles. The van der Waals surface area contributed by atoms with Crippen molar-refractivity contribution in [1.29, 1.82) is 0 Å². The first kappa shape index (κ1) is 25.2. The predicted molar refractivity (Wildman–Crippen MR) is 128 cm³/mol. The van der Waals surface area contributed by atoms with E-state index in [1.165, 1.54) is 0 Å². The fourth-order valence-electron chi connectivity index (χ4n) is 4.05. The Balaban J connectivity index is 2.18. The Morgan fingerprint density at radius 1 is 1.19 bits per heavy atom. The Morgan fingerprint density at radius 3 is 2.58 bits per heavy atom. The van der Waals surface area contributed by atoms with Gasteiger partial charge in [0.25, 0.3) is 5.91 Å². The number of ether oxygens (including phenoxy) is 1. The van der Waals surface area contributed by atoms with E-state index in [0.717, 1.165) is 69.6 Å². The summed E-state index contributed by atoms with van der Waals surface area (Å²) in [6.45, 7) is 9.55. The van der Waals surface area contributed by atoms with Gasteiger partial charge in [-0.15, -0.1) is 0 Å². The lowest BCUT2D eigenvalue weighted by Crippen LogP contribution is -2.35. The van der Waals surface area contributed by atoms with Crippen molar-refractivity contribution in [3.05, 3.63) is 23.8 Å². The Kier molecular flexibility index (Phi) is 10.9. The second-order valence-corrected chi connectivity index (χ2v) is 8.74. The largest absolute Gasteiger partial charge is 0.385 e. The van der Waals surface area contributed by atoms with Crippen LogP contribution in [0.25, 0.3) is 0 Å². The zero-order chi connectivity index (χ0) is 22.6. The van der Waals surface area contributed by atoms with Gasteiger partial charge in [-0.05, 0) is 56.2 Å². The third-order valence-electron chi connectivity index (χ3n) is 6.21. The molecule has 1 aromatic rings. The van der Waals surface area contributed by atoms with Crippen LogP contribution >= 0.6 is 0 Å². The van der Waals surface area contributed by atoms with Crippen LogP contribution in [-0.2, 0) is 9.53 Å². The van der Waals surface area contributed by atoms with Crippen molar-refractivity contribution in [3.8, 4) is 0 Å². The van der Waals surface area contributed by atoms with Gasteiger partial charge in [0.15, 0.2) is 0 Å². The van der Waals surface area contributed by atoms with Crippen LogP contribution in [0, 0.1) is 11.8 Å². The first-order valence-corrected chi connectivity index (χ1v) is 12.0. The second-order valence-electron chi connectivity index (χ2n) is 8.74. The standard InChI is InChI=1S/C25H41N3O3/c1-5-7-9-20(6-2)24(29)27-21-10-11-23(28-15-12-19(3)13-16-28)22(18-21)25(30)26-14-8-17-31-4/h10-11,18-20H,5-9,12-17H2,1-4H3,(H,26,30)(H,27,29)/t20-/m0/s1. The summed E-state index contributed by atoms with van der Waals surface area (Å²) in [5.74, 6) is 0.672. The lowest BCUT2D eigenvalue weighted by Gasteiger charge is -2.33. The van der Waals surface area contributed by atoms with Crippen molar-refractivity contribution < 1.29 is 14.3 Å². The number of hydrogen-bond acceptors (Lipinski definition) is 4. The van der Waals surface area contributed by atoms with Gasteiger partial charge in [0.05, 0.1) is 5.56 Å². The number of carbonyl (C=O) groups excluding carboxylic acids is 2. The second kappa shape index (κ2) is 13.4. The summed E-state index contributed by atoms with van der Waals surface area (Å²) in [4.78, 5) is 28.1. The van der Waals surface area contributed by atoms with E-state index in [4.69, 9.17) is 4.74 Å². The predicted octanol–water partition coefficient (Wildman–Crippen LogP) is 4.84. The molecule has 2 amide bonds. The Hall–Kier alpha value is -2.08. The fourth-order valence-corrected chi connectivity index (χ4v) is 4.05. The molecule has 2 N–H and O–H groups in total. The molecule has 0 aromatic heterocycles. The van der Waals surface area contributed by atoms with Gasteiger partial charge in [0, 0.05) is 50.6 Å². The fraction of sp³-hybridized carbons (Fsp3) is 0.680. The normalized spacial score (nSPS) is 15.5. The van der Waals surface area contributed by atoms with Gasteiger partial charge < -0.3 is 20.3 Å². The number of rotatable bonds is 12. The van der Waals surface area contributed by atoms with Crippen molar-refractivity contribution in [2.24, 2.45) is 11.8 Å². The van der Waals surface area contributed by atoms with E-state index in [2.05, 4.69) is 36.3 Å². The number of hydrogen-bond donors (Lipinski definition) is 2. The highest BCUT2D eigenvalue weighted by Crippen LogP contribution is 2.29. The molecule has 174 valence electrons. The number of amides is 2. The SMILES string of the molecule is CCCC[C@H](CC)C(=O)Nc1ccc(N2CCC(C)CC2)c(C(=O)NCCCOC)c1. The first-order valence-electron chi connectivity index (χ1n) is 12.0. The number of piperidine rings is 1. The molecule has 1 aliphatic rings. The maximum absolute atomic E-state index is 13.0. The van der Waals surface area contributed by atoms with E-state index >= 15 is 0 Å². The molecule has 0 saturated carbocycles. The first-order chi connectivity index (χ1) is 15.0. The number of benzene rings is 1. The number of unbranched alkanes of at least 4 members (excludes halogenated alkanes) is 1. The molecule has 2 rings (SSSR count). The van der Waals surface area contributed by atoms with Gasteiger partial charge >= 0.3 is 0 Å². The van der Waals surface area contributed by atoms with Crippen molar-refractivity contribution in [2.75, 3.05) is 43.6 Å². The molecule has 6 nitrogen and oxygen atoms in total. The van der Waals surface area contributed by atoms with Crippen LogP contribution in [0.4, 0.5) is 11.4 Å². The molecule has 0 radical (unpaired) electrons. The number of nitrogens with one attached hydrogen (secondary N) is 2. The van der Waals surface area contributed by atoms with E-state index in [1.807, 2.05) is 18.2 Å². The minimum Gasteiger partial charge on any atom is -0.385 e. The van der Waals surface area contributed by atoms with E-state index in [0.29, 0.717) is 24.4 Å². The quantitative estimate of drug-likeness (QED) is 0.464. The molecule has 1 heterocycles. The van der Waals surface area contributed by atoms with Gasteiger partial charge in [-0.2, -0.15) is 0 Å². The highest BCUT2D eigenvalue weighted by atomic mass is 16.5. The molecule has 0 aliphatic carbocycles. The van der Waals surface area contributed by atoms with Crippen molar-refractivity contribution in [3.63, 3.8) is 0 Å². The van der Waals surface area contributed by atoms with Crippen LogP contribution in [-0.4, -0.2) is 45.2 Å². The van der Waals surface area contributed by atoms with Crippen LogP contribution in [0.1, 0.15) is 76.1 Å². The van der Waals surface area contributed by atoms with Gasteiger partial charge in [0.1, 0.15) is 0 Å². The van der Waals surface area contributed by atoms with Crippen LogP contribution in [0.2, 0.25) is 0 Å². The minimum absolute atomic E-state index is 0.00882. The molecule has 0 unspecified atom stereocenters. The van der Waals surface area contributed by atoms with E-state index in [9.17, 15) is 9.59 Å². The molecule has 1 atom stereocenters. The average molecular weight is 432 g/mol. The number of nitrogens with zero attached hydrogens (tertiary/aromatic N) is 1.